The van der Waals surface area contributed by atoms with E-state index in [1.165, 1.54) is 5.56 Å². The average Bonchev–Trinajstić information content (AvgIpc) is 2.94. The van der Waals surface area contributed by atoms with Crippen molar-refractivity contribution in [3.8, 4) is 0 Å². The quantitative estimate of drug-likeness (QED) is 0.752. The number of amides is 1. The van der Waals surface area contributed by atoms with Crippen molar-refractivity contribution >= 4 is 5.91 Å². The molecular formula is C18H25N3O2. The highest BCUT2D eigenvalue weighted by Crippen LogP contribution is 2.10. The van der Waals surface area contributed by atoms with E-state index >= 15 is 0 Å². The minimum atomic E-state index is -0.00420. The third-order valence-electron chi connectivity index (χ3n) is 3.54. The first-order chi connectivity index (χ1) is 11.1. The van der Waals surface area contributed by atoms with Gasteiger partial charge in [0.05, 0.1) is 6.54 Å². The standard InChI is InChI=1S/C18H25N3O2/c1-15(2)11-21(18(22)14-23-3)13-17-19-9-10-20(17)12-16-7-5-4-6-8-16/h4-10,15H,11-14H2,1-3H3. The van der Waals surface area contributed by atoms with Crippen LogP contribution < -0.4 is 0 Å². The van der Waals surface area contributed by atoms with Gasteiger partial charge in [0.25, 0.3) is 0 Å². The van der Waals surface area contributed by atoms with Gasteiger partial charge in [-0.15, -0.1) is 0 Å². The second-order valence-corrected chi connectivity index (χ2v) is 6.06. The summed E-state index contributed by atoms with van der Waals surface area (Å²) in [6.07, 6.45) is 3.74. The normalized spacial score (nSPS) is 11.0. The van der Waals surface area contributed by atoms with Crippen LogP contribution in [0.25, 0.3) is 0 Å². The summed E-state index contributed by atoms with van der Waals surface area (Å²) in [6.45, 7) is 6.25. The number of rotatable bonds is 8. The number of aromatic nitrogens is 2. The first-order valence-corrected chi connectivity index (χ1v) is 7.90. The average molecular weight is 315 g/mol. The molecule has 0 saturated heterocycles. The molecule has 0 N–H and O–H groups in total. The number of carbonyl (C=O) groups excluding carboxylic acids is 1. The van der Waals surface area contributed by atoms with Gasteiger partial charge in [0.1, 0.15) is 12.4 Å². The minimum absolute atomic E-state index is 0.00420. The van der Waals surface area contributed by atoms with E-state index in [9.17, 15) is 4.79 Å². The van der Waals surface area contributed by atoms with Crippen LogP contribution >= 0.6 is 0 Å². The van der Waals surface area contributed by atoms with Gasteiger partial charge in [0.15, 0.2) is 0 Å². The molecule has 0 atom stereocenters. The Labute approximate surface area is 137 Å². The van der Waals surface area contributed by atoms with Crippen molar-refractivity contribution in [2.24, 2.45) is 5.92 Å². The van der Waals surface area contributed by atoms with Crippen LogP contribution in [0.15, 0.2) is 42.7 Å². The van der Waals surface area contributed by atoms with E-state index < -0.39 is 0 Å². The first-order valence-electron chi connectivity index (χ1n) is 7.90. The van der Waals surface area contributed by atoms with Crippen molar-refractivity contribution in [2.45, 2.75) is 26.9 Å². The van der Waals surface area contributed by atoms with Crippen molar-refractivity contribution in [2.75, 3.05) is 20.3 Å². The van der Waals surface area contributed by atoms with Crippen LogP contribution in [0.5, 0.6) is 0 Å². The lowest BCUT2D eigenvalue weighted by molar-refractivity contribution is -0.136. The van der Waals surface area contributed by atoms with Gasteiger partial charge in [0, 0.05) is 32.6 Å². The smallest absolute Gasteiger partial charge is 0.248 e. The fourth-order valence-electron chi connectivity index (χ4n) is 2.50. The molecule has 2 rings (SSSR count). The molecule has 124 valence electrons. The molecule has 0 aliphatic carbocycles. The van der Waals surface area contributed by atoms with Crippen molar-refractivity contribution < 1.29 is 9.53 Å². The highest BCUT2D eigenvalue weighted by atomic mass is 16.5. The summed E-state index contributed by atoms with van der Waals surface area (Å²) < 4.78 is 7.08. The van der Waals surface area contributed by atoms with Crippen LogP contribution in [0.2, 0.25) is 0 Å². The maximum Gasteiger partial charge on any atom is 0.248 e. The predicted octanol–water partition coefficient (Wildman–Crippen LogP) is 2.56. The summed E-state index contributed by atoms with van der Waals surface area (Å²) in [5.74, 6) is 1.28. The summed E-state index contributed by atoms with van der Waals surface area (Å²) in [6, 6.07) is 10.2. The molecule has 0 unspecified atom stereocenters. The molecule has 0 bridgehead atoms. The lowest BCUT2D eigenvalue weighted by atomic mass is 10.2. The number of ether oxygens (including phenoxy) is 1. The van der Waals surface area contributed by atoms with E-state index in [4.69, 9.17) is 4.74 Å². The number of methoxy groups -OCH3 is 1. The molecule has 0 spiro atoms. The van der Waals surface area contributed by atoms with Gasteiger partial charge >= 0.3 is 0 Å². The summed E-state index contributed by atoms with van der Waals surface area (Å²) in [5, 5.41) is 0. The van der Waals surface area contributed by atoms with E-state index in [1.807, 2.05) is 29.3 Å². The van der Waals surface area contributed by atoms with Crippen LogP contribution in [0.3, 0.4) is 0 Å². The molecule has 23 heavy (non-hydrogen) atoms. The van der Waals surface area contributed by atoms with Crippen LogP contribution in [0.1, 0.15) is 25.2 Å². The second-order valence-electron chi connectivity index (χ2n) is 6.06. The van der Waals surface area contributed by atoms with Crippen LogP contribution in [-0.2, 0) is 22.6 Å². The molecule has 1 aromatic carbocycles. The first kappa shape index (κ1) is 17.2. The van der Waals surface area contributed by atoms with Gasteiger partial charge < -0.3 is 14.2 Å². The van der Waals surface area contributed by atoms with E-state index in [2.05, 4.69) is 35.5 Å². The van der Waals surface area contributed by atoms with Crippen LogP contribution in [0.4, 0.5) is 0 Å². The zero-order chi connectivity index (χ0) is 16.7. The number of benzene rings is 1. The molecule has 0 fully saturated rings. The third kappa shape index (κ3) is 5.21. The summed E-state index contributed by atoms with van der Waals surface area (Å²) in [5.41, 5.74) is 1.21. The Bertz CT molecular complexity index is 608. The van der Waals surface area contributed by atoms with Gasteiger partial charge in [0.2, 0.25) is 5.91 Å². The molecule has 0 aliphatic heterocycles. The highest BCUT2D eigenvalue weighted by Gasteiger charge is 2.17. The topological polar surface area (TPSA) is 47.4 Å². The van der Waals surface area contributed by atoms with Gasteiger partial charge in [-0.3, -0.25) is 4.79 Å². The molecule has 0 aliphatic rings. The van der Waals surface area contributed by atoms with Crippen LogP contribution in [-0.4, -0.2) is 40.6 Å². The Kier molecular flexibility index (Phi) is 6.35. The third-order valence-corrected chi connectivity index (χ3v) is 3.54. The lowest BCUT2D eigenvalue weighted by Crippen LogP contribution is -2.37. The van der Waals surface area contributed by atoms with Gasteiger partial charge in [-0.2, -0.15) is 0 Å². The Morgan fingerprint density at radius 1 is 1.30 bits per heavy atom. The van der Waals surface area contributed by atoms with Crippen molar-refractivity contribution in [3.63, 3.8) is 0 Å². The number of hydrogen-bond acceptors (Lipinski definition) is 3. The van der Waals surface area contributed by atoms with E-state index in [0.29, 0.717) is 19.0 Å². The zero-order valence-corrected chi connectivity index (χ0v) is 14.1. The molecule has 1 aromatic heterocycles. The van der Waals surface area contributed by atoms with Gasteiger partial charge in [-0.25, -0.2) is 4.98 Å². The molecule has 0 radical (unpaired) electrons. The number of hydrogen-bond donors (Lipinski definition) is 0. The molecule has 0 saturated carbocycles. The number of carbonyl (C=O) groups is 1. The summed E-state index contributed by atoms with van der Waals surface area (Å²) >= 11 is 0. The zero-order valence-electron chi connectivity index (χ0n) is 14.1. The Morgan fingerprint density at radius 3 is 2.70 bits per heavy atom. The minimum Gasteiger partial charge on any atom is -0.375 e. The van der Waals surface area contributed by atoms with E-state index in [0.717, 1.165) is 12.4 Å². The summed E-state index contributed by atoms with van der Waals surface area (Å²) in [4.78, 5) is 18.5. The van der Waals surface area contributed by atoms with Crippen LogP contribution in [0, 0.1) is 5.92 Å². The van der Waals surface area contributed by atoms with Crippen molar-refractivity contribution in [1.29, 1.82) is 0 Å². The largest absolute Gasteiger partial charge is 0.375 e. The van der Waals surface area contributed by atoms with Crippen molar-refractivity contribution in [3.05, 3.63) is 54.1 Å². The molecular weight excluding hydrogens is 290 g/mol. The monoisotopic (exact) mass is 315 g/mol. The fourth-order valence-corrected chi connectivity index (χ4v) is 2.50. The Hall–Kier alpha value is -2.14. The summed E-state index contributed by atoms with van der Waals surface area (Å²) in [7, 11) is 1.54. The SMILES string of the molecule is COCC(=O)N(Cc1nccn1Cc1ccccc1)CC(C)C. The lowest BCUT2D eigenvalue weighted by Gasteiger charge is -2.24. The predicted molar refractivity (Wildman–Crippen MR) is 89.9 cm³/mol. The maximum atomic E-state index is 12.2. The van der Waals surface area contributed by atoms with Crippen molar-refractivity contribution in [1.82, 2.24) is 14.5 Å². The Balaban J connectivity index is 2.11. The molecule has 1 amide bonds. The molecule has 2 aromatic rings. The Morgan fingerprint density at radius 2 is 2.04 bits per heavy atom. The fraction of sp³-hybridized carbons (Fsp3) is 0.444. The second kappa shape index (κ2) is 8.48. The molecule has 5 nitrogen and oxygen atoms in total. The number of nitrogens with zero attached hydrogens (tertiary/aromatic N) is 3. The number of imidazole rings is 1. The van der Waals surface area contributed by atoms with Gasteiger partial charge in [-0.1, -0.05) is 44.2 Å². The highest BCUT2D eigenvalue weighted by molar-refractivity contribution is 5.77. The maximum absolute atomic E-state index is 12.2. The van der Waals surface area contributed by atoms with Gasteiger partial charge in [-0.05, 0) is 11.5 Å². The van der Waals surface area contributed by atoms with E-state index in [-0.39, 0.29) is 12.5 Å². The molecule has 5 heteroatoms. The van der Waals surface area contributed by atoms with E-state index in [1.54, 1.807) is 13.3 Å². The molecule has 1 heterocycles.